The average molecular weight is 273 g/mol. The highest BCUT2D eigenvalue weighted by Gasteiger charge is 2.11. The molecule has 0 aliphatic heterocycles. The minimum absolute atomic E-state index is 0.0307. The minimum atomic E-state index is -0.220. The van der Waals surface area contributed by atoms with Gasteiger partial charge in [-0.2, -0.15) is 5.10 Å². The molecule has 0 aliphatic carbocycles. The van der Waals surface area contributed by atoms with Crippen LogP contribution in [-0.4, -0.2) is 22.7 Å². The molecule has 5 nitrogen and oxygen atoms in total. The van der Waals surface area contributed by atoms with Gasteiger partial charge in [0, 0.05) is 11.3 Å². The van der Waals surface area contributed by atoms with Crippen LogP contribution in [0.25, 0.3) is 0 Å². The standard InChI is InChI=1S/C15H19N3O2/c1-9-6-5-7-10(2)14(9)20-8-13(19)16-15-11(3)12(4)17-18-15/h5-7H,8H2,1-4H3,(H2,16,17,18,19). The normalized spacial score (nSPS) is 10.4. The van der Waals surface area contributed by atoms with Gasteiger partial charge in [-0.15, -0.1) is 0 Å². The van der Waals surface area contributed by atoms with Crippen LogP contribution in [0.1, 0.15) is 22.4 Å². The first-order chi connectivity index (χ1) is 9.49. The van der Waals surface area contributed by atoms with Crippen molar-refractivity contribution in [1.82, 2.24) is 10.2 Å². The van der Waals surface area contributed by atoms with Crippen LogP contribution in [0.2, 0.25) is 0 Å². The Bertz CT molecular complexity index is 612. The Kier molecular flexibility index (Phi) is 4.08. The number of nitrogens with zero attached hydrogens (tertiary/aromatic N) is 1. The van der Waals surface area contributed by atoms with E-state index in [4.69, 9.17) is 4.74 Å². The van der Waals surface area contributed by atoms with E-state index in [1.807, 2.05) is 45.9 Å². The van der Waals surface area contributed by atoms with E-state index in [1.54, 1.807) is 0 Å². The zero-order valence-electron chi connectivity index (χ0n) is 12.2. The third kappa shape index (κ3) is 2.99. The van der Waals surface area contributed by atoms with E-state index < -0.39 is 0 Å². The van der Waals surface area contributed by atoms with Crippen molar-refractivity contribution in [3.05, 3.63) is 40.6 Å². The van der Waals surface area contributed by atoms with Crippen LogP contribution in [0.3, 0.4) is 0 Å². The van der Waals surface area contributed by atoms with Crippen LogP contribution < -0.4 is 10.1 Å². The van der Waals surface area contributed by atoms with Crippen molar-refractivity contribution in [1.29, 1.82) is 0 Å². The molecule has 1 heterocycles. The number of aromatic nitrogens is 2. The lowest BCUT2D eigenvalue weighted by Crippen LogP contribution is -2.21. The van der Waals surface area contributed by atoms with E-state index in [0.717, 1.165) is 28.1 Å². The topological polar surface area (TPSA) is 67.0 Å². The second-order valence-electron chi connectivity index (χ2n) is 4.88. The SMILES string of the molecule is Cc1cccc(C)c1OCC(=O)Nc1n[nH]c(C)c1C. The third-order valence-electron chi connectivity index (χ3n) is 3.27. The Balaban J connectivity index is 1.98. The second kappa shape index (κ2) is 5.77. The Morgan fingerprint density at radius 3 is 2.45 bits per heavy atom. The van der Waals surface area contributed by atoms with Crippen molar-refractivity contribution in [3.8, 4) is 5.75 Å². The first-order valence-electron chi connectivity index (χ1n) is 6.49. The molecule has 0 aliphatic rings. The van der Waals surface area contributed by atoms with Gasteiger partial charge in [-0.3, -0.25) is 9.89 Å². The van der Waals surface area contributed by atoms with Crippen LogP contribution in [-0.2, 0) is 4.79 Å². The molecule has 106 valence electrons. The van der Waals surface area contributed by atoms with Gasteiger partial charge in [0.1, 0.15) is 5.75 Å². The number of carbonyl (C=O) groups is 1. The van der Waals surface area contributed by atoms with Crippen molar-refractivity contribution in [2.24, 2.45) is 0 Å². The summed E-state index contributed by atoms with van der Waals surface area (Å²) in [6.45, 7) is 7.70. The van der Waals surface area contributed by atoms with Crippen molar-refractivity contribution in [2.75, 3.05) is 11.9 Å². The molecule has 1 amide bonds. The summed E-state index contributed by atoms with van der Waals surface area (Å²) in [6, 6.07) is 5.89. The first-order valence-corrected chi connectivity index (χ1v) is 6.49. The van der Waals surface area contributed by atoms with Crippen LogP contribution in [0.4, 0.5) is 5.82 Å². The Hall–Kier alpha value is -2.30. The molecule has 0 unspecified atom stereocenters. The van der Waals surface area contributed by atoms with Gasteiger partial charge < -0.3 is 10.1 Å². The molecule has 2 N–H and O–H groups in total. The van der Waals surface area contributed by atoms with E-state index >= 15 is 0 Å². The third-order valence-corrected chi connectivity index (χ3v) is 3.27. The fraction of sp³-hybridized carbons (Fsp3) is 0.333. The summed E-state index contributed by atoms with van der Waals surface area (Å²) in [6.07, 6.45) is 0. The molecule has 1 aromatic heterocycles. The van der Waals surface area contributed by atoms with Crippen LogP contribution in [0, 0.1) is 27.7 Å². The maximum absolute atomic E-state index is 11.9. The monoisotopic (exact) mass is 273 g/mol. The number of aromatic amines is 1. The summed E-state index contributed by atoms with van der Waals surface area (Å²) in [5, 5.41) is 9.60. The maximum Gasteiger partial charge on any atom is 0.263 e. The molecule has 0 atom stereocenters. The number of carbonyl (C=O) groups excluding carboxylic acids is 1. The number of nitrogens with one attached hydrogen (secondary N) is 2. The highest BCUT2D eigenvalue weighted by Crippen LogP contribution is 2.22. The number of amides is 1. The molecule has 20 heavy (non-hydrogen) atoms. The highest BCUT2D eigenvalue weighted by molar-refractivity contribution is 5.91. The van der Waals surface area contributed by atoms with Crippen molar-refractivity contribution < 1.29 is 9.53 Å². The van der Waals surface area contributed by atoms with Crippen LogP contribution in [0.15, 0.2) is 18.2 Å². The molecule has 2 aromatic rings. The van der Waals surface area contributed by atoms with Gasteiger partial charge in [0.25, 0.3) is 5.91 Å². The van der Waals surface area contributed by atoms with Gasteiger partial charge in [-0.05, 0) is 38.8 Å². The molecule has 5 heteroatoms. The minimum Gasteiger partial charge on any atom is -0.483 e. The van der Waals surface area contributed by atoms with Gasteiger partial charge in [0.15, 0.2) is 12.4 Å². The predicted octanol–water partition coefficient (Wildman–Crippen LogP) is 2.66. The molecule has 0 saturated carbocycles. The summed E-state index contributed by atoms with van der Waals surface area (Å²) in [5.74, 6) is 1.09. The van der Waals surface area contributed by atoms with E-state index in [2.05, 4.69) is 15.5 Å². The molecular formula is C15H19N3O2. The number of ether oxygens (including phenoxy) is 1. The van der Waals surface area contributed by atoms with Gasteiger partial charge >= 0.3 is 0 Å². The molecule has 0 fully saturated rings. The lowest BCUT2D eigenvalue weighted by Gasteiger charge is -2.11. The zero-order valence-corrected chi connectivity index (χ0v) is 12.2. The summed E-state index contributed by atoms with van der Waals surface area (Å²) in [7, 11) is 0. The molecule has 2 rings (SSSR count). The largest absolute Gasteiger partial charge is 0.483 e. The van der Waals surface area contributed by atoms with Gasteiger partial charge in [0.2, 0.25) is 0 Å². The second-order valence-corrected chi connectivity index (χ2v) is 4.88. The molecular weight excluding hydrogens is 254 g/mol. The van der Waals surface area contributed by atoms with E-state index in [1.165, 1.54) is 0 Å². The lowest BCUT2D eigenvalue weighted by molar-refractivity contribution is -0.118. The van der Waals surface area contributed by atoms with Crippen molar-refractivity contribution in [2.45, 2.75) is 27.7 Å². The van der Waals surface area contributed by atoms with Crippen LogP contribution >= 0.6 is 0 Å². The molecule has 0 saturated heterocycles. The van der Waals surface area contributed by atoms with E-state index in [9.17, 15) is 4.79 Å². The lowest BCUT2D eigenvalue weighted by atomic mass is 10.1. The Morgan fingerprint density at radius 1 is 1.25 bits per heavy atom. The Labute approximate surface area is 118 Å². The number of H-pyrrole nitrogens is 1. The zero-order chi connectivity index (χ0) is 14.7. The van der Waals surface area contributed by atoms with Gasteiger partial charge in [-0.1, -0.05) is 18.2 Å². The molecule has 0 bridgehead atoms. The summed E-state index contributed by atoms with van der Waals surface area (Å²) >= 11 is 0. The van der Waals surface area contributed by atoms with Crippen molar-refractivity contribution >= 4 is 11.7 Å². The Morgan fingerprint density at radius 2 is 1.90 bits per heavy atom. The fourth-order valence-electron chi connectivity index (χ4n) is 1.94. The fourth-order valence-corrected chi connectivity index (χ4v) is 1.94. The molecule has 0 radical (unpaired) electrons. The maximum atomic E-state index is 11.9. The number of aryl methyl sites for hydroxylation is 3. The first kappa shape index (κ1) is 14.1. The number of hydrogen-bond donors (Lipinski definition) is 2. The number of para-hydroxylation sites is 1. The summed E-state index contributed by atoms with van der Waals surface area (Å²) in [5.41, 5.74) is 3.91. The average Bonchev–Trinajstić information content (AvgIpc) is 2.70. The highest BCUT2D eigenvalue weighted by atomic mass is 16.5. The van der Waals surface area contributed by atoms with Crippen molar-refractivity contribution in [3.63, 3.8) is 0 Å². The van der Waals surface area contributed by atoms with Crippen LogP contribution in [0.5, 0.6) is 5.75 Å². The smallest absolute Gasteiger partial charge is 0.263 e. The van der Waals surface area contributed by atoms with E-state index in [0.29, 0.717) is 5.82 Å². The summed E-state index contributed by atoms with van der Waals surface area (Å²) < 4.78 is 5.60. The summed E-state index contributed by atoms with van der Waals surface area (Å²) in [4.78, 5) is 11.9. The quantitative estimate of drug-likeness (QED) is 0.900. The number of rotatable bonds is 4. The molecule has 0 spiro atoms. The number of benzene rings is 1. The van der Waals surface area contributed by atoms with Gasteiger partial charge in [0.05, 0.1) is 0 Å². The number of anilines is 1. The van der Waals surface area contributed by atoms with E-state index in [-0.39, 0.29) is 12.5 Å². The number of hydrogen-bond acceptors (Lipinski definition) is 3. The molecule has 1 aromatic carbocycles. The van der Waals surface area contributed by atoms with Gasteiger partial charge in [-0.25, -0.2) is 0 Å². The predicted molar refractivity (Wildman–Crippen MR) is 78.1 cm³/mol.